The summed E-state index contributed by atoms with van der Waals surface area (Å²) >= 11 is 1.11. The molecule has 33 heavy (non-hydrogen) atoms. The maximum atomic E-state index is 12.8. The van der Waals surface area contributed by atoms with E-state index in [4.69, 9.17) is 17.7 Å². The molecule has 1 saturated heterocycles. The fraction of sp³-hybridized carbons (Fsp3) is 0.542. The minimum Gasteiger partial charge on any atom is -0.444 e. The maximum Gasteiger partial charge on any atom is 0.410 e. The van der Waals surface area contributed by atoms with Crippen molar-refractivity contribution in [1.82, 2.24) is 14.9 Å². The molecule has 1 aliphatic heterocycles. The van der Waals surface area contributed by atoms with E-state index in [9.17, 15) is 4.79 Å². The molecule has 2 aromatic rings. The Labute approximate surface area is 202 Å². The number of anilines is 1. The number of amides is 1. The molecule has 2 unspecified atom stereocenters. The fourth-order valence-corrected chi connectivity index (χ4v) is 4.62. The molecule has 0 aliphatic carbocycles. The number of rotatable bonds is 7. The van der Waals surface area contributed by atoms with Crippen molar-refractivity contribution in [3.8, 4) is 0 Å². The summed E-state index contributed by atoms with van der Waals surface area (Å²) in [6.07, 6.45) is 4.13. The topological polar surface area (TPSA) is 93.4 Å². The van der Waals surface area contributed by atoms with Crippen molar-refractivity contribution < 1.29 is 9.53 Å². The first-order valence-electron chi connectivity index (χ1n) is 11.3. The summed E-state index contributed by atoms with van der Waals surface area (Å²) in [7, 11) is 6.03. The van der Waals surface area contributed by atoms with Gasteiger partial charge in [-0.25, -0.2) is 9.78 Å². The lowest BCUT2D eigenvalue weighted by molar-refractivity contribution is 0.0131. The molecule has 2 aromatic heterocycles. The number of hydrogen-bond donors (Lipinski definition) is 2. The van der Waals surface area contributed by atoms with E-state index in [0.29, 0.717) is 17.9 Å². The van der Waals surface area contributed by atoms with Crippen molar-refractivity contribution in [3.05, 3.63) is 42.2 Å². The van der Waals surface area contributed by atoms with Crippen molar-refractivity contribution in [3.63, 3.8) is 0 Å². The molecule has 0 aromatic carbocycles. The normalized spacial score (nSPS) is 18.7. The first kappa shape index (κ1) is 25.4. The Morgan fingerprint density at radius 3 is 2.82 bits per heavy atom. The number of hydrogen-bond acceptors (Lipinski definition) is 7. The fourth-order valence-electron chi connectivity index (χ4n) is 4.31. The zero-order chi connectivity index (χ0) is 24.2. The molecule has 7 nitrogen and oxygen atoms in total. The Kier molecular flexibility index (Phi) is 7.95. The molecule has 2 radical (unpaired) electrons. The molecular formula is C24H34BN5O2S. The summed E-state index contributed by atoms with van der Waals surface area (Å²) in [6, 6.07) is 9.31. The minimum atomic E-state index is -0.511. The van der Waals surface area contributed by atoms with Crippen LogP contribution in [-0.4, -0.2) is 46.5 Å². The molecule has 1 amide bonds. The lowest BCUT2D eigenvalue weighted by Gasteiger charge is -2.33. The smallest absolute Gasteiger partial charge is 0.410 e. The number of nitrogens with zero attached hydrogens (tertiary/aromatic N) is 3. The third-order valence-corrected chi connectivity index (χ3v) is 6.23. The van der Waals surface area contributed by atoms with Gasteiger partial charge in [-0.05, 0) is 89.9 Å². The zero-order valence-corrected chi connectivity index (χ0v) is 21.0. The molecule has 3 N–H and O–H groups in total. The Hall–Kier alpha value is -2.26. The van der Waals surface area contributed by atoms with Crippen molar-refractivity contribution in [2.45, 2.75) is 76.1 Å². The van der Waals surface area contributed by atoms with Crippen LogP contribution in [-0.2, 0) is 4.74 Å². The number of ether oxygens (including phenoxy) is 1. The van der Waals surface area contributed by atoms with Crippen molar-refractivity contribution in [2.75, 3.05) is 11.9 Å². The van der Waals surface area contributed by atoms with Gasteiger partial charge in [0.05, 0.1) is 11.7 Å². The predicted octanol–water partition coefficient (Wildman–Crippen LogP) is 4.21. The molecular weight excluding hydrogens is 433 g/mol. The molecule has 3 heterocycles. The van der Waals surface area contributed by atoms with Crippen LogP contribution >= 0.6 is 11.9 Å². The summed E-state index contributed by atoms with van der Waals surface area (Å²) in [5, 5.41) is 9.92. The van der Waals surface area contributed by atoms with Gasteiger partial charge in [-0.15, -0.1) is 0 Å². The van der Waals surface area contributed by atoms with E-state index in [2.05, 4.69) is 29.1 Å². The monoisotopic (exact) mass is 467 g/mol. The molecule has 0 spiro atoms. The average molecular weight is 467 g/mol. The summed E-state index contributed by atoms with van der Waals surface area (Å²) < 4.78 is 5.64. The number of nitrogens with two attached hydrogens (primary N) is 1. The van der Waals surface area contributed by atoms with Crippen LogP contribution in [0.1, 0.15) is 65.6 Å². The highest BCUT2D eigenvalue weighted by molar-refractivity contribution is 7.97. The van der Waals surface area contributed by atoms with Crippen molar-refractivity contribution in [1.29, 1.82) is 0 Å². The van der Waals surface area contributed by atoms with Crippen LogP contribution < -0.4 is 15.9 Å². The SMILES string of the molecule is [B]c1ccnc(C(CCC2CN(C(=O)OC(C)(C)C)C(C)(C)C2)Nc2cccc(SN)n2)c1. The number of carbonyl (C=O) groups is 1. The standard InChI is InChI=1S/C24H34BN5O2S/c1-23(2,3)32-22(31)30-15-16(14-24(30,4)5)9-10-18(19-13-17(25)11-12-27-19)28-20-7-6-8-21(29-20)33-26/h6-8,11-13,16,18H,9-10,14-15,26H2,1-5H3,(H,28,29). The molecule has 1 fully saturated rings. The summed E-state index contributed by atoms with van der Waals surface area (Å²) in [5.41, 5.74) is 0.773. The van der Waals surface area contributed by atoms with E-state index < -0.39 is 5.60 Å². The quantitative estimate of drug-likeness (QED) is 0.466. The molecule has 0 bridgehead atoms. The Morgan fingerprint density at radius 2 is 2.15 bits per heavy atom. The second-order valence-corrected chi connectivity index (χ2v) is 10.9. The Morgan fingerprint density at radius 1 is 1.39 bits per heavy atom. The molecule has 3 rings (SSSR count). The molecule has 176 valence electrons. The van der Waals surface area contributed by atoms with Crippen LogP contribution in [0.15, 0.2) is 41.6 Å². The van der Waals surface area contributed by atoms with Crippen LogP contribution in [0.4, 0.5) is 10.6 Å². The second kappa shape index (κ2) is 10.3. The van der Waals surface area contributed by atoms with Gasteiger partial charge in [0.1, 0.15) is 24.3 Å². The first-order chi connectivity index (χ1) is 15.5. The van der Waals surface area contributed by atoms with Gasteiger partial charge in [-0.3, -0.25) is 10.1 Å². The van der Waals surface area contributed by atoms with E-state index in [0.717, 1.165) is 47.7 Å². The predicted molar refractivity (Wildman–Crippen MR) is 135 cm³/mol. The number of aromatic nitrogens is 2. The van der Waals surface area contributed by atoms with E-state index in [1.807, 2.05) is 49.9 Å². The van der Waals surface area contributed by atoms with E-state index in [1.54, 1.807) is 12.3 Å². The Bertz CT molecular complexity index is 966. The minimum absolute atomic E-state index is 0.0716. The number of carbonyl (C=O) groups excluding carboxylic acids is 1. The van der Waals surface area contributed by atoms with Crippen LogP contribution in [0.25, 0.3) is 0 Å². The summed E-state index contributed by atoms with van der Waals surface area (Å²) in [5.74, 6) is 1.10. The highest BCUT2D eigenvalue weighted by Crippen LogP contribution is 2.37. The summed E-state index contributed by atoms with van der Waals surface area (Å²) in [4.78, 5) is 23.7. The lowest BCUT2D eigenvalue weighted by atomic mass is 9.90. The van der Waals surface area contributed by atoms with Gasteiger partial charge in [0.15, 0.2) is 0 Å². The highest BCUT2D eigenvalue weighted by atomic mass is 32.2. The van der Waals surface area contributed by atoms with Gasteiger partial charge < -0.3 is 15.0 Å². The average Bonchev–Trinajstić information content (AvgIpc) is 3.04. The van der Waals surface area contributed by atoms with Gasteiger partial charge in [0, 0.05) is 18.3 Å². The van der Waals surface area contributed by atoms with Gasteiger partial charge in [-0.1, -0.05) is 17.6 Å². The van der Waals surface area contributed by atoms with Gasteiger partial charge in [0.25, 0.3) is 0 Å². The zero-order valence-electron chi connectivity index (χ0n) is 20.2. The first-order valence-corrected chi connectivity index (χ1v) is 12.2. The van der Waals surface area contributed by atoms with Gasteiger partial charge >= 0.3 is 6.09 Å². The van der Waals surface area contributed by atoms with Crippen molar-refractivity contribution in [2.24, 2.45) is 11.1 Å². The van der Waals surface area contributed by atoms with E-state index in [1.165, 1.54) is 0 Å². The van der Waals surface area contributed by atoms with E-state index in [-0.39, 0.29) is 17.7 Å². The van der Waals surface area contributed by atoms with Crippen LogP contribution in [0.3, 0.4) is 0 Å². The van der Waals surface area contributed by atoms with E-state index >= 15 is 0 Å². The van der Waals surface area contributed by atoms with Crippen LogP contribution in [0, 0.1) is 5.92 Å². The molecule has 9 heteroatoms. The third kappa shape index (κ3) is 7.11. The van der Waals surface area contributed by atoms with Gasteiger partial charge in [0.2, 0.25) is 0 Å². The van der Waals surface area contributed by atoms with Crippen LogP contribution in [0.2, 0.25) is 0 Å². The number of pyridine rings is 2. The largest absolute Gasteiger partial charge is 0.444 e. The molecule has 2 atom stereocenters. The van der Waals surface area contributed by atoms with Crippen molar-refractivity contribution >= 4 is 37.2 Å². The molecule has 1 aliphatic rings. The molecule has 0 saturated carbocycles. The lowest BCUT2D eigenvalue weighted by Crippen LogP contribution is -2.45. The Balaban J connectivity index is 1.72. The van der Waals surface area contributed by atoms with Gasteiger partial charge in [-0.2, -0.15) is 0 Å². The number of likely N-dealkylation sites (tertiary alicyclic amines) is 1. The highest BCUT2D eigenvalue weighted by Gasteiger charge is 2.42. The second-order valence-electron chi connectivity index (χ2n) is 10.2. The summed E-state index contributed by atoms with van der Waals surface area (Å²) in [6.45, 7) is 10.6. The maximum absolute atomic E-state index is 12.8. The number of nitrogens with one attached hydrogen (secondary N) is 1. The van der Waals surface area contributed by atoms with Crippen LogP contribution in [0.5, 0.6) is 0 Å². The third-order valence-electron chi connectivity index (χ3n) is 5.77.